The third-order valence-corrected chi connectivity index (χ3v) is 7.95. The largest absolute Gasteiger partial charge is 0.508 e. The smallest absolute Gasteiger partial charge is 0.201 e. The molecule has 2 aromatic rings. The lowest BCUT2D eigenvalue weighted by Crippen LogP contribution is -2.44. The number of phenols is 3. The van der Waals surface area contributed by atoms with Crippen LogP contribution in [0, 0.1) is 0 Å². The third-order valence-electron chi connectivity index (χ3n) is 7.95. The summed E-state index contributed by atoms with van der Waals surface area (Å²) < 4.78 is 0.936. The van der Waals surface area contributed by atoms with E-state index in [-0.39, 0.29) is 34.2 Å². The number of ketones is 1. The molecule has 5 nitrogen and oxygen atoms in total. The van der Waals surface area contributed by atoms with Crippen LogP contribution in [0.25, 0.3) is 0 Å². The Kier molecular flexibility index (Phi) is 10.9. The molecule has 0 spiro atoms. The third kappa shape index (κ3) is 7.98. The molecule has 1 aliphatic rings. The molecule has 3 rings (SSSR count). The van der Waals surface area contributed by atoms with Crippen LogP contribution in [-0.4, -0.2) is 45.7 Å². The van der Waals surface area contributed by atoms with Crippen LogP contribution in [0.5, 0.6) is 17.2 Å². The van der Waals surface area contributed by atoms with Gasteiger partial charge in [-0.2, -0.15) is 0 Å². The lowest BCUT2D eigenvalue weighted by Gasteiger charge is -2.35. The maximum Gasteiger partial charge on any atom is 0.201 e. The summed E-state index contributed by atoms with van der Waals surface area (Å²) in [5.41, 5.74) is 2.86. The molecule has 0 saturated heterocycles. The van der Waals surface area contributed by atoms with Crippen molar-refractivity contribution in [3.63, 3.8) is 0 Å². The summed E-state index contributed by atoms with van der Waals surface area (Å²) in [4.78, 5) is 13.2. The van der Waals surface area contributed by atoms with E-state index in [4.69, 9.17) is 0 Å². The zero-order chi connectivity index (χ0) is 26.8. The van der Waals surface area contributed by atoms with Gasteiger partial charge < -0.3 is 19.8 Å². The number of carbonyl (C=O) groups is 1. The average molecular weight is 511 g/mol. The van der Waals surface area contributed by atoms with E-state index in [0.717, 1.165) is 35.2 Å². The fraction of sp³-hybridized carbons (Fsp3) is 0.594. The van der Waals surface area contributed by atoms with Gasteiger partial charge in [0.2, 0.25) is 5.78 Å². The van der Waals surface area contributed by atoms with Crippen molar-refractivity contribution in [2.75, 3.05) is 20.1 Å². The molecule has 37 heavy (non-hydrogen) atoms. The maximum atomic E-state index is 13.2. The van der Waals surface area contributed by atoms with Gasteiger partial charge in [-0.1, -0.05) is 65.2 Å². The number of hydrogen-bond acceptors (Lipinski definition) is 4. The second-order valence-electron chi connectivity index (χ2n) is 11.4. The number of nitrogens with zero attached hydrogens (tertiary/aromatic N) is 1. The Balaban J connectivity index is 1.75. The number of fused-ring (bicyclic) bond motifs is 2. The normalized spacial score (nSPS) is 13.0. The quantitative estimate of drug-likeness (QED) is 0.137. The molecule has 2 aromatic carbocycles. The van der Waals surface area contributed by atoms with E-state index in [0.29, 0.717) is 12.0 Å². The van der Waals surface area contributed by atoms with Crippen LogP contribution in [0.2, 0.25) is 0 Å². The minimum atomic E-state index is -0.380. The number of aromatic hydroxyl groups is 3. The molecule has 204 valence electrons. The van der Waals surface area contributed by atoms with Crippen LogP contribution in [0.15, 0.2) is 24.3 Å². The van der Waals surface area contributed by atoms with Gasteiger partial charge in [0.1, 0.15) is 23.8 Å². The van der Waals surface area contributed by atoms with Crippen LogP contribution in [0.3, 0.4) is 0 Å². The van der Waals surface area contributed by atoms with Crippen LogP contribution < -0.4 is 0 Å². The summed E-state index contributed by atoms with van der Waals surface area (Å²) in [6, 6.07) is 6.52. The Morgan fingerprint density at radius 3 is 1.73 bits per heavy atom. The second-order valence-corrected chi connectivity index (χ2v) is 11.4. The van der Waals surface area contributed by atoms with Crippen molar-refractivity contribution in [2.45, 2.75) is 104 Å². The molecule has 0 amide bonds. The molecule has 0 unspecified atom stereocenters. The van der Waals surface area contributed by atoms with Crippen molar-refractivity contribution in [3.05, 3.63) is 52.1 Å². The SMILES string of the molecule is CCCCCCCC[N+](C)(CCCCCCCC)Cc1cc(O)c2c(c1)Cc1cc(O)cc(O)c1C2=O. The minimum absolute atomic E-state index is 0.0127. The highest BCUT2D eigenvalue weighted by Gasteiger charge is 2.31. The van der Waals surface area contributed by atoms with Crippen LogP contribution in [-0.2, 0) is 13.0 Å². The number of carbonyl (C=O) groups excluding carboxylic acids is 1. The summed E-state index contributed by atoms with van der Waals surface area (Å²) in [6.45, 7) is 7.54. The van der Waals surface area contributed by atoms with Gasteiger partial charge in [-0.25, -0.2) is 0 Å². The fourth-order valence-corrected chi connectivity index (χ4v) is 5.90. The molecule has 0 saturated carbocycles. The molecule has 0 aromatic heterocycles. The molecule has 3 N–H and O–H groups in total. The average Bonchev–Trinajstić information content (AvgIpc) is 2.82. The Labute approximate surface area is 223 Å². The number of quaternary nitrogens is 1. The first-order valence-electron chi connectivity index (χ1n) is 14.6. The molecular weight excluding hydrogens is 462 g/mol. The van der Waals surface area contributed by atoms with Gasteiger partial charge in [-0.05, 0) is 61.4 Å². The zero-order valence-electron chi connectivity index (χ0n) is 23.3. The number of unbranched alkanes of at least 4 members (excludes halogenated alkanes) is 10. The number of rotatable bonds is 16. The van der Waals surface area contributed by atoms with Gasteiger partial charge in [-0.3, -0.25) is 4.79 Å². The number of benzene rings is 2. The first kappa shape index (κ1) is 29.0. The highest BCUT2D eigenvalue weighted by molar-refractivity contribution is 6.15. The van der Waals surface area contributed by atoms with Gasteiger partial charge in [-0.15, -0.1) is 0 Å². The molecule has 5 heteroatoms. The van der Waals surface area contributed by atoms with Gasteiger partial charge in [0.05, 0.1) is 31.3 Å². The van der Waals surface area contributed by atoms with Gasteiger partial charge in [0, 0.05) is 11.6 Å². The minimum Gasteiger partial charge on any atom is -0.508 e. The van der Waals surface area contributed by atoms with E-state index < -0.39 is 0 Å². The van der Waals surface area contributed by atoms with Crippen LogP contribution >= 0.6 is 0 Å². The van der Waals surface area contributed by atoms with Crippen molar-refractivity contribution >= 4 is 5.78 Å². The molecule has 0 radical (unpaired) electrons. The van der Waals surface area contributed by atoms with Crippen molar-refractivity contribution < 1.29 is 24.6 Å². The van der Waals surface area contributed by atoms with Gasteiger partial charge in [0.25, 0.3) is 0 Å². The fourth-order valence-electron chi connectivity index (χ4n) is 5.90. The summed E-state index contributed by atoms with van der Waals surface area (Å²) in [7, 11) is 2.34. The second kappa shape index (κ2) is 13.9. The maximum absolute atomic E-state index is 13.2. The molecule has 0 fully saturated rings. The van der Waals surface area contributed by atoms with Crippen LogP contribution in [0.4, 0.5) is 0 Å². The standard InChI is InChI=1S/C32H47NO4/c1-4-6-8-10-12-14-16-33(3,17-15-13-11-9-7-5-2)23-24-18-25-20-26-21-27(34)22-29(36)31(26)32(37)30(25)28(35)19-24/h18-19,21-22H,4-17,20,23H2,1-3H3,(H2-,34,35,36,37)/p+1. The van der Waals surface area contributed by atoms with Crippen molar-refractivity contribution in [3.8, 4) is 17.2 Å². The summed E-state index contributed by atoms with van der Waals surface area (Å²) in [6.07, 6.45) is 15.7. The molecule has 0 aliphatic heterocycles. The van der Waals surface area contributed by atoms with Gasteiger partial charge >= 0.3 is 0 Å². The van der Waals surface area contributed by atoms with Crippen LogP contribution in [0.1, 0.15) is 124 Å². The Hall–Kier alpha value is -2.53. The first-order chi connectivity index (χ1) is 17.8. The highest BCUT2D eigenvalue weighted by Crippen LogP contribution is 2.39. The molecular formula is C32H48NO4+. The van der Waals surface area contributed by atoms with E-state index in [1.165, 1.54) is 89.2 Å². The van der Waals surface area contributed by atoms with Crippen molar-refractivity contribution in [1.82, 2.24) is 0 Å². The monoisotopic (exact) mass is 510 g/mol. The lowest BCUT2D eigenvalue weighted by molar-refractivity contribution is -0.923. The molecule has 0 heterocycles. The lowest BCUT2D eigenvalue weighted by atomic mass is 9.83. The van der Waals surface area contributed by atoms with E-state index in [1.54, 1.807) is 6.07 Å². The molecule has 0 atom stereocenters. The van der Waals surface area contributed by atoms with E-state index in [9.17, 15) is 20.1 Å². The zero-order valence-corrected chi connectivity index (χ0v) is 23.3. The number of hydrogen-bond donors (Lipinski definition) is 3. The van der Waals surface area contributed by atoms with Crippen molar-refractivity contribution in [2.24, 2.45) is 0 Å². The predicted molar refractivity (Wildman–Crippen MR) is 150 cm³/mol. The van der Waals surface area contributed by atoms with E-state index in [2.05, 4.69) is 27.0 Å². The topological polar surface area (TPSA) is 77.8 Å². The summed E-state index contributed by atoms with van der Waals surface area (Å²) in [5.74, 6) is -0.693. The number of phenolic OH excluding ortho intramolecular Hbond substituents is 3. The van der Waals surface area contributed by atoms with E-state index >= 15 is 0 Å². The Morgan fingerprint density at radius 2 is 1.16 bits per heavy atom. The molecule has 0 bridgehead atoms. The van der Waals surface area contributed by atoms with Gasteiger partial charge in [0.15, 0.2) is 0 Å². The molecule has 1 aliphatic carbocycles. The first-order valence-corrected chi connectivity index (χ1v) is 14.6. The van der Waals surface area contributed by atoms with E-state index in [1.807, 2.05) is 0 Å². The Bertz CT molecular complexity index is 1030. The predicted octanol–water partition coefficient (Wildman–Crippen LogP) is 7.61. The highest BCUT2D eigenvalue weighted by atomic mass is 16.3. The Morgan fingerprint density at radius 1 is 0.676 bits per heavy atom. The summed E-state index contributed by atoms with van der Waals surface area (Å²) in [5, 5.41) is 31.1. The van der Waals surface area contributed by atoms with Crippen molar-refractivity contribution in [1.29, 1.82) is 0 Å². The summed E-state index contributed by atoms with van der Waals surface area (Å²) >= 11 is 0.